The van der Waals surface area contributed by atoms with E-state index in [1.807, 2.05) is 61.5 Å². The number of rotatable bonds is 7. The maximum atomic E-state index is 12.2. The first-order valence-electron chi connectivity index (χ1n) is 9.08. The first-order valence-corrected chi connectivity index (χ1v) is 10.1. The number of esters is 1. The Labute approximate surface area is 169 Å². The van der Waals surface area contributed by atoms with Crippen LogP contribution in [0.4, 0.5) is 0 Å². The lowest BCUT2D eigenvalue weighted by atomic mass is 10.1. The highest BCUT2D eigenvalue weighted by atomic mass is 32.2. The van der Waals surface area contributed by atoms with Gasteiger partial charge in [-0.15, -0.1) is 11.8 Å². The van der Waals surface area contributed by atoms with Crippen LogP contribution in [0.25, 0.3) is 10.8 Å². The number of carbonyl (C=O) groups excluding carboxylic acids is 2. The second-order valence-corrected chi connectivity index (χ2v) is 7.68. The average Bonchev–Trinajstić information content (AvgIpc) is 2.71. The molecule has 0 saturated heterocycles. The van der Waals surface area contributed by atoms with Crippen molar-refractivity contribution < 1.29 is 14.3 Å². The molecule has 0 aromatic heterocycles. The van der Waals surface area contributed by atoms with Crippen LogP contribution >= 0.6 is 11.8 Å². The number of amides is 1. The summed E-state index contributed by atoms with van der Waals surface area (Å²) in [5.74, 6) is -0.434. The molecule has 0 atom stereocenters. The summed E-state index contributed by atoms with van der Waals surface area (Å²) in [7, 11) is 1.71. The average molecular weight is 394 g/mol. The van der Waals surface area contributed by atoms with Gasteiger partial charge in [0.2, 0.25) is 0 Å². The van der Waals surface area contributed by atoms with Crippen LogP contribution in [0.2, 0.25) is 0 Å². The highest BCUT2D eigenvalue weighted by Gasteiger charge is 2.13. The van der Waals surface area contributed by atoms with Crippen molar-refractivity contribution in [3.05, 3.63) is 77.9 Å². The van der Waals surface area contributed by atoms with Gasteiger partial charge in [-0.25, -0.2) is 0 Å². The van der Waals surface area contributed by atoms with Gasteiger partial charge >= 0.3 is 5.97 Å². The Hall–Kier alpha value is -2.79. The van der Waals surface area contributed by atoms with Crippen LogP contribution < -0.4 is 0 Å². The van der Waals surface area contributed by atoms with Gasteiger partial charge in [0.05, 0.1) is 5.75 Å². The zero-order valence-electron chi connectivity index (χ0n) is 16.1. The third-order valence-electron chi connectivity index (χ3n) is 4.53. The van der Waals surface area contributed by atoms with Gasteiger partial charge in [0.15, 0.2) is 6.61 Å². The summed E-state index contributed by atoms with van der Waals surface area (Å²) in [6, 6.07) is 22.1. The van der Waals surface area contributed by atoms with Crippen molar-refractivity contribution in [1.29, 1.82) is 0 Å². The molecule has 0 aliphatic rings. The fraction of sp³-hybridized carbons (Fsp3) is 0.217. The molecule has 0 aliphatic heterocycles. The van der Waals surface area contributed by atoms with E-state index in [-0.39, 0.29) is 18.3 Å². The highest BCUT2D eigenvalue weighted by molar-refractivity contribution is 8.00. The molecule has 28 heavy (non-hydrogen) atoms. The molecule has 0 spiro atoms. The molecule has 144 valence electrons. The van der Waals surface area contributed by atoms with E-state index in [2.05, 4.69) is 12.1 Å². The first kappa shape index (κ1) is 20.0. The minimum Gasteiger partial charge on any atom is -0.455 e. The number of carbonyl (C=O) groups is 2. The second-order valence-electron chi connectivity index (χ2n) is 6.63. The van der Waals surface area contributed by atoms with E-state index in [4.69, 9.17) is 4.74 Å². The molecule has 0 aliphatic carbocycles. The summed E-state index contributed by atoms with van der Waals surface area (Å²) in [5, 5.41) is 2.30. The Kier molecular flexibility index (Phi) is 6.71. The van der Waals surface area contributed by atoms with Gasteiger partial charge in [-0.3, -0.25) is 9.59 Å². The van der Waals surface area contributed by atoms with Crippen molar-refractivity contribution in [3.63, 3.8) is 0 Å². The highest BCUT2D eigenvalue weighted by Crippen LogP contribution is 2.23. The predicted molar refractivity (Wildman–Crippen MR) is 113 cm³/mol. The molecule has 3 aromatic rings. The van der Waals surface area contributed by atoms with Gasteiger partial charge in [0.1, 0.15) is 0 Å². The summed E-state index contributed by atoms with van der Waals surface area (Å²) in [4.78, 5) is 26.8. The molecule has 0 fully saturated rings. The Morgan fingerprint density at radius 1 is 0.964 bits per heavy atom. The number of nitrogens with zero attached hydrogens (tertiary/aromatic N) is 1. The molecule has 0 heterocycles. The molecule has 3 rings (SSSR count). The molecule has 0 unspecified atom stereocenters. The van der Waals surface area contributed by atoms with Crippen molar-refractivity contribution in [2.45, 2.75) is 18.4 Å². The Bertz CT molecular complexity index is 986. The molecule has 0 saturated carbocycles. The van der Waals surface area contributed by atoms with Crippen LogP contribution in [0.5, 0.6) is 0 Å². The maximum Gasteiger partial charge on any atom is 0.316 e. The fourth-order valence-corrected chi connectivity index (χ4v) is 3.57. The molecule has 3 aromatic carbocycles. The molecule has 0 N–H and O–H groups in total. The zero-order chi connectivity index (χ0) is 19.9. The summed E-state index contributed by atoms with van der Waals surface area (Å²) >= 11 is 1.41. The quantitative estimate of drug-likeness (QED) is 0.440. The standard InChI is InChI=1S/C23H23NO3S/c1-17-7-3-4-10-20(17)14-24(2)22(25)15-27-23(26)16-28-21-12-11-18-8-5-6-9-19(18)13-21/h3-13H,14-16H2,1-2H3. The Morgan fingerprint density at radius 3 is 2.46 bits per heavy atom. The van der Waals surface area contributed by atoms with E-state index in [0.29, 0.717) is 6.54 Å². The summed E-state index contributed by atoms with van der Waals surface area (Å²) < 4.78 is 5.15. The normalized spacial score (nSPS) is 10.6. The monoisotopic (exact) mass is 393 g/mol. The number of thioether (sulfide) groups is 1. The molecular formula is C23H23NO3S. The van der Waals surface area contributed by atoms with Gasteiger partial charge in [-0.1, -0.05) is 54.6 Å². The van der Waals surface area contributed by atoms with Crippen LogP contribution in [0.1, 0.15) is 11.1 Å². The Balaban J connectivity index is 1.45. The maximum absolute atomic E-state index is 12.2. The SMILES string of the molecule is Cc1ccccc1CN(C)C(=O)COC(=O)CSc1ccc2ccccc2c1. The number of hydrogen-bond acceptors (Lipinski definition) is 4. The van der Waals surface area contributed by atoms with Gasteiger partial charge in [0.25, 0.3) is 5.91 Å². The van der Waals surface area contributed by atoms with E-state index in [1.54, 1.807) is 11.9 Å². The molecule has 4 nitrogen and oxygen atoms in total. The van der Waals surface area contributed by atoms with Crippen molar-refractivity contribution in [1.82, 2.24) is 4.90 Å². The summed E-state index contributed by atoms with van der Waals surface area (Å²) in [6.45, 7) is 2.27. The molecule has 1 amide bonds. The smallest absolute Gasteiger partial charge is 0.316 e. The van der Waals surface area contributed by atoms with Crippen molar-refractivity contribution in [2.24, 2.45) is 0 Å². The largest absolute Gasteiger partial charge is 0.455 e. The van der Waals surface area contributed by atoms with Crippen LogP contribution in [-0.4, -0.2) is 36.2 Å². The van der Waals surface area contributed by atoms with Gasteiger partial charge < -0.3 is 9.64 Å². The van der Waals surface area contributed by atoms with E-state index in [1.165, 1.54) is 11.8 Å². The zero-order valence-corrected chi connectivity index (χ0v) is 16.9. The fourth-order valence-electron chi connectivity index (χ4n) is 2.82. The lowest BCUT2D eigenvalue weighted by Gasteiger charge is -2.18. The van der Waals surface area contributed by atoms with Gasteiger partial charge in [-0.2, -0.15) is 0 Å². The summed E-state index contributed by atoms with van der Waals surface area (Å²) in [6.07, 6.45) is 0. The van der Waals surface area contributed by atoms with Gasteiger partial charge in [0, 0.05) is 18.5 Å². The third-order valence-corrected chi connectivity index (χ3v) is 5.50. The molecular weight excluding hydrogens is 370 g/mol. The lowest BCUT2D eigenvalue weighted by molar-refractivity contribution is -0.149. The lowest BCUT2D eigenvalue weighted by Crippen LogP contribution is -2.31. The topological polar surface area (TPSA) is 46.6 Å². The van der Waals surface area contributed by atoms with Crippen LogP contribution in [-0.2, 0) is 20.9 Å². The predicted octanol–water partition coefficient (Wildman–Crippen LogP) is 4.44. The van der Waals surface area contributed by atoms with E-state index in [9.17, 15) is 9.59 Å². The van der Waals surface area contributed by atoms with Crippen LogP contribution in [0.3, 0.4) is 0 Å². The summed E-state index contributed by atoms with van der Waals surface area (Å²) in [5.41, 5.74) is 2.21. The number of hydrogen-bond donors (Lipinski definition) is 0. The number of fused-ring (bicyclic) bond motifs is 1. The van der Waals surface area contributed by atoms with E-state index >= 15 is 0 Å². The van der Waals surface area contributed by atoms with E-state index in [0.717, 1.165) is 26.8 Å². The number of likely N-dealkylation sites (N-methyl/N-ethyl adjacent to an activating group) is 1. The molecule has 0 bridgehead atoms. The molecule has 5 heteroatoms. The second kappa shape index (κ2) is 9.42. The van der Waals surface area contributed by atoms with Crippen LogP contribution in [0.15, 0.2) is 71.6 Å². The Morgan fingerprint density at radius 2 is 1.68 bits per heavy atom. The van der Waals surface area contributed by atoms with E-state index < -0.39 is 5.97 Å². The third kappa shape index (κ3) is 5.36. The van der Waals surface area contributed by atoms with Crippen molar-refractivity contribution >= 4 is 34.4 Å². The van der Waals surface area contributed by atoms with Crippen LogP contribution in [0, 0.1) is 6.92 Å². The number of aryl methyl sites for hydroxylation is 1. The van der Waals surface area contributed by atoms with Crippen molar-refractivity contribution in [3.8, 4) is 0 Å². The number of benzene rings is 3. The van der Waals surface area contributed by atoms with Gasteiger partial charge in [-0.05, 0) is 41.0 Å². The molecule has 0 radical (unpaired) electrons. The number of ether oxygens (including phenoxy) is 1. The minimum atomic E-state index is -0.393. The minimum absolute atomic E-state index is 0.174. The van der Waals surface area contributed by atoms with Crippen molar-refractivity contribution in [2.75, 3.05) is 19.4 Å². The first-order chi connectivity index (χ1) is 13.5.